The van der Waals surface area contributed by atoms with Crippen molar-refractivity contribution in [2.75, 3.05) is 25.9 Å². The number of hydrogen-bond acceptors (Lipinski definition) is 4. The molecule has 1 rings (SSSR count). The number of rotatable bonds is 5. The molecule has 0 radical (unpaired) electrons. The first-order chi connectivity index (χ1) is 7.52. The number of nitrogens with one attached hydrogen (secondary N) is 1. The van der Waals surface area contributed by atoms with Gasteiger partial charge in [0.15, 0.2) is 0 Å². The molecule has 16 heavy (non-hydrogen) atoms. The van der Waals surface area contributed by atoms with Gasteiger partial charge in [-0.1, -0.05) is 0 Å². The van der Waals surface area contributed by atoms with E-state index in [0.717, 1.165) is 0 Å². The molecule has 0 unspecified atom stereocenters. The zero-order chi connectivity index (χ0) is 12.1. The Bertz CT molecular complexity index is 348. The van der Waals surface area contributed by atoms with E-state index in [-0.39, 0.29) is 12.0 Å². The van der Waals surface area contributed by atoms with E-state index in [4.69, 9.17) is 10.5 Å². The molecular formula is C10H18N4O2. The van der Waals surface area contributed by atoms with E-state index in [1.807, 2.05) is 13.8 Å². The Morgan fingerprint density at radius 1 is 1.69 bits per heavy atom. The van der Waals surface area contributed by atoms with Crippen molar-refractivity contribution < 1.29 is 9.53 Å². The maximum atomic E-state index is 11.8. The van der Waals surface area contributed by atoms with Crippen LogP contribution in [0.5, 0.6) is 0 Å². The van der Waals surface area contributed by atoms with Crippen LogP contribution in [0.25, 0.3) is 0 Å². The number of hydrogen-bond donors (Lipinski definition) is 2. The number of aromatic nitrogens is 2. The van der Waals surface area contributed by atoms with Crippen LogP contribution >= 0.6 is 0 Å². The quantitative estimate of drug-likeness (QED) is 0.765. The van der Waals surface area contributed by atoms with Gasteiger partial charge in [-0.05, 0) is 13.8 Å². The Kier molecular flexibility index (Phi) is 4.30. The molecule has 1 aromatic rings. The van der Waals surface area contributed by atoms with Crippen LogP contribution in [0, 0.1) is 0 Å². The lowest BCUT2D eigenvalue weighted by Crippen LogP contribution is -2.31. The fourth-order valence-corrected chi connectivity index (χ4v) is 1.20. The van der Waals surface area contributed by atoms with E-state index < -0.39 is 0 Å². The lowest BCUT2D eigenvalue weighted by molar-refractivity contribution is 0.0532. The molecule has 0 atom stereocenters. The second-order valence-corrected chi connectivity index (χ2v) is 3.84. The van der Waals surface area contributed by atoms with Crippen LogP contribution in [0.15, 0.2) is 6.20 Å². The number of ether oxygens (including phenoxy) is 1. The van der Waals surface area contributed by atoms with Gasteiger partial charge in [0.05, 0.1) is 18.9 Å². The highest BCUT2D eigenvalue weighted by molar-refractivity contribution is 5.97. The molecule has 0 aliphatic heterocycles. The van der Waals surface area contributed by atoms with Gasteiger partial charge in [0, 0.05) is 13.6 Å². The SMILES string of the molecule is CC(C)OCCN(C)C(=O)c1cn[nH]c1N. The van der Waals surface area contributed by atoms with Gasteiger partial charge in [0.1, 0.15) is 11.4 Å². The average Bonchev–Trinajstić information content (AvgIpc) is 2.62. The molecule has 0 saturated heterocycles. The Morgan fingerprint density at radius 2 is 2.38 bits per heavy atom. The molecule has 0 spiro atoms. The zero-order valence-corrected chi connectivity index (χ0v) is 9.86. The predicted octanol–water partition coefficient (Wildman–Crippen LogP) is 0.489. The van der Waals surface area contributed by atoms with Crippen molar-refractivity contribution in [1.29, 1.82) is 0 Å². The lowest BCUT2D eigenvalue weighted by Gasteiger charge is -2.17. The van der Waals surface area contributed by atoms with Crippen LogP contribution in [-0.4, -0.2) is 47.3 Å². The van der Waals surface area contributed by atoms with Crippen LogP contribution in [0.1, 0.15) is 24.2 Å². The molecule has 0 fully saturated rings. The first-order valence-electron chi connectivity index (χ1n) is 5.18. The first kappa shape index (κ1) is 12.5. The third kappa shape index (κ3) is 3.23. The van der Waals surface area contributed by atoms with E-state index in [1.165, 1.54) is 6.20 Å². The van der Waals surface area contributed by atoms with Crippen LogP contribution in [0.3, 0.4) is 0 Å². The number of likely N-dealkylation sites (N-methyl/N-ethyl adjacent to an activating group) is 1. The lowest BCUT2D eigenvalue weighted by atomic mass is 10.3. The Labute approximate surface area is 94.8 Å². The summed E-state index contributed by atoms with van der Waals surface area (Å²) in [7, 11) is 1.71. The second kappa shape index (κ2) is 5.50. The van der Waals surface area contributed by atoms with Gasteiger partial charge in [-0.25, -0.2) is 0 Å². The average molecular weight is 226 g/mol. The summed E-state index contributed by atoms with van der Waals surface area (Å²) in [5, 5.41) is 6.23. The summed E-state index contributed by atoms with van der Waals surface area (Å²) in [6, 6.07) is 0. The number of H-pyrrole nitrogens is 1. The number of amides is 1. The smallest absolute Gasteiger partial charge is 0.259 e. The summed E-state index contributed by atoms with van der Waals surface area (Å²) < 4.78 is 5.36. The summed E-state index contributed by atoms with van der Waals surface area (Å²) in [4.78, 5) is 13.4. The van der Waals surface area contributed by atoms with Crippen molar-refractivity contribution in [3.63, 3.8) is 0 Å². The summed E-state index contributed by atoms with van der Waals surface area (Å²) >= 11 is 0. The molecule has 0 bridgehead atoms. The molecule has 90 valence electrons. The fourth-order valence-electron chi connectivity index (χ4n) is 1.20. The highest BCUT2D eigenvalue weighted by atomic mass is 16.5. The predicted molar refractivity (Wildman–Crippen MR) is 61.0 cm³/mol. The van der Waals surface area contributed by atoms with Gasteiger partial charge < -0.3 is 15.4 Å². The van der Waals surface area contributed by atoms with Gasteiger partial charge in [-0.3, -0.25) is 9.89 Å². The molecule has 6 heteroatoms. The minimum absolute atomic E-state index is 0.154. The van der Waals surface area contributed by atoms with Crippen molar-refractivity contribution in [2.45, 2.75) is 20.0 Å². The molecule has 0 aliphatic carbocycles. The normalized spacial score (nSPS) is 10.8. The maximum absolute atomic E-state index is 11.8. The summed E-state index contributed by atoms with van der Waals surface area (Å²) in [6.07, 6.45) is 1.60. The van der Waals surface area contributed by atoms with Gasteiger partial charge in [-0.15, -0.1) is 0 Å². The monoisotopic (exact) mass is 226 g/mol. The van der Waals surface area contributed by atoms with Crippen LogP contribution < -0.4 is 5.73 Å². The topological polar surface area (TPSA) is 84.2 Å². The van der Waals surface area contributed by atoms with Crippen molar-refractivity contribution in [1.82, 2.24) is 15.1 Å². The van der Waals surface area contributed by atoms with E-state index in [2.05, 4.69) is 10.2 Å². The Morgan fingerprint density at radius 3 is 2.88 bits per heavy atom. The minimum Gasteiger partial charge on any atom is -0.383 e. The third-order valence-electron chi connectivity index (χ3n) is 2.12. The summed E-state index contributed by atoms with van der Waals surface area (Å²) in [6.45, 7) is 4.95. The van der Waals surface area contributed by atoms with E-state index >= 15 is 0 Å². The Hall–Kier alpha value is -1.56. The van der Waals surface area contributed by atoms with Crippen LogP contribution in [0.2, 0.25) is 0 Å². The molecule has 1 aromatic heterocycles. The van der Waals surface area contributed by atoms with Gasteiger partial charge in [0.25, 0.3) is 5.91 Å². The number of anilines is 1. The molecule has 1 amide bonds. The van der Waals surface area contributed by atoms with Crippen molar-refractivity contribution in [3.8, 4) is 0 Å². The van der Waals surface area contributed by atoms with Crippen molar-refractivity contribution >= 4 is 11.7 Å². The standard InChI is InChI=1S/C10H18N4O2/c1-7(2)16-5-4-14(3)10(15)8-6-12-13-9(8)11/h6-7H,4-5H2,1-3H3,(H3,11,12,13). The molecule has 3 N–H and O–H groups in total. The minimum atomic E-state index is -0.154. The highest BCUT2D eigenvalue weighted by Crippen LogP contribution is 2.08. The van der Waals surface area contributed by atoms with E-state index in [0.29, 0.717) is 24.5 Å². The largest absolute Gasteiger partial charge is 0.383 e. The summed E-state index contributed by atoms with van der Waals surface area (Å²) in [5.74, 6) is 0.139. The third-order valence-corrected chi connectivity index (χ3v) is 2.12. The first-order valence-corrected chi connectivity index (χ1v) is 5.18. The molecule has 0 saturated carbocycles. The number of nitrogens with two attached hydrogens (primary N) is 1. The molecule has 1 heterocycles. The van der Waals surface area contributed by atoms with Crippen molar-refractivity contribution in [3.05, 3.63) is 11.8 Å². The van der Waals surface area contributed by atoms with Crippen molar-refractivity contribution in [2.24, 2.45) is 0 Å². The molecule has 6 nitrogen and oxygen atoms in total. The number of nitrogen functional groups attached to an aromatic ring is 1. The fraction of sp³-hybridized carbons (Fsp3) is 0.600. The number of aromatic amines is 1. The number of nitrogens with zero attached hydrogens (tertiary/aromatic N) is 2. The number of carbonyl (C=O) groups excluding carboxylic acids is 1. The molecule has 0 aromatic carbocycles. The zero-order valence-electron chi connectivity index (χ0n) is 9.86. The van der Waals surface area contributed by atoms with Gasteiger partial charge in [-0.2, -0.15) is 5.10 Å². The molecular weight excluding hydrogens is 208 g/mol. The van der Waals surface area contributed by atoms with Crippen LogP contribution in [0.4, 0.5) is 5.82 Å². The Balaban J connectivity index is 2.46. The maximum Gasteiger partial charge on any atom is 0.259 e. The van der Waals surface area contributed by atoms with E-state index in [9.17, 15) is 4.79 Å². The van der Waals surface area contributed by atoms with E-state index in [1.54, 1.807) is 11.9 Å². The van der Waals surface area contributed by atoms with Gasteiger partial charge >= 0.3 is 0 Å². The summed E-state index contributed by atoms with van der Waals surface area (Å²) in [5.41, 5.74) is 5.95. The number of carbonyl (C=O) groups is 1. The highest BCUT2D eigenvalue weighted by Gasteiger charge is 2.15. The van der Waals surface area contributed by atoms with Crippen LogP contribution in [-0.2, 0) is 4.74 Å². The molecule has 0 aliphatic rings. The second-order valence-electron chi connectivity index (χ2n) is 3.84. The van der Waals surface area contributed by atoms with Gasteiger partial charge in [0.2, 0.25) is 0 Å².